The zero-order valence-electron chi connectivity index (χ0n) is 15.4. The fourth-order valence-electron chi connectivity index (χ4n) is 3.40. The van der Waals surface area contributed by atoms with E-state index in [1.165, 1.54) is 24.0 Å². The molecule has 3 rings (SSSR count). The van der Waals surface area contributed by atoms with Gasteiger partial charge in [0.2, 0.25) is 0 Å². The highest BCUT2D eigenvalue weighted by atomic mass is 35.5. The van der Waals surface area contributed by atoms with Gasteiger partial charge in [-0.3, -0.25) is 9.59 Å². The van der Waals surface area contributed by atoms with E-state index in [0.717, 1.165) is 5.69 Å². The minimum absolute atomic E-state index is 0.0267. The van der Waals surface area contributed by atoms with E-state index in [4.69, 9.17) is 11.6 Å². The summed E-state index contributed by atoms with van der Waals surface area (Å²) in [5.41, 5.74) is 1.37. The van der Waals surface area contributed by atoms with Crippen LogP contribution >= 0.6 is 11.6 Å². The number of rotatable bonds is 4. The first-order chi connectivity index (χ1) is 13.2. The number of H-pyrrole nitrogens is 1. The van der Waals surface area contributed by atoms with Crippen molar-refractivity contribution in [1.29, 1.82) is 0 Å². The van der Waals surface area contributed by atoms with Crippen molar-refractivity contribution in [3.63, 3.8) is 0 Å². The van der Waals surface area contributed by atoms with Crippen molar-refractivity contribution >= 4 is 34.9 Å². The third kappa shape index (κ3) is 3.60. The minimum atomic E-state index is -1.18. The Morgan fingerprint density at radius 1 is 1.14 bits per heavy atom. The number of aromatic amines is 1. The van der Waals surface area contributed by atoms with Gasteiger partial charge in [-0.05, 0) is 37.6 Å². The lowest BCUT2D eigenvalue weighted by Gasteiger charge is -2.35. The van der Waals surface area contributed by atoms with E-state index in [0.29, 0.717) is 31.9 Å². The van der Waals surface area contributed by atoms with Gasteiger partial charge in [0.05, 0.1) is 10.6 Å². The van der Waals surface area contributed by atoms with Crippen molar-refractivity contribution < 1.29 is 23.9 Å². The number of aromatic carboxylic acids is 1. The Kier molecular flexibility index (Phi) is 5.42. The molecule has 7 nitrogen and oxygen atoms in total. The number of carbonyl (C=O) groups is 3. The summed E-state index contributed by atoms with van der Waals surface area (Å²) in [5.74, 6) is -3.07. The van der Waals surface area contributed by atoms with Crippen molar-refractivity contribution in [3.8, 4) is 0 Å². The molecule has 0 bridgehead atoms. The number of halogens is 2. The summed E-state index contributed by atoms with van der Waals surface area (Å²) >= 11 is 5.82. The lowest BCUT2D eigenvalue weighted by atomic mass is 10.0. The zero-order chi connectivity index (χ0) is 20.6. The van der Waals surface area contributed by atoms with Crippen molar-refractivity contribution in [2.24, 2.45) is 0 Å². The number of hydrogen-bond donors (Lipinski definition) is 2. The van der Waals surface area contributed by atoms with E-state index in [9.17, 15) is 23.9 Å². The summed E-state index contributed by atoms with van der Waals surface area (Å²) in [5, 5.41) is 9.20. The number of ketones is 1. The Labute approximate surface area is 165 Å². The molecular formula is C19H19ClFN3O4. The summed E-state index contributed by atoms with van der Waals surface area (Å²) in [7, 11) is 0. The average molecular weight is 408 g/mol. The molecule has 1 aromatic heterocycles. The number of piperazine rings is 1. The number of carboxylic acids is 1. The molecule has 0 saturated carbocycles. The van der Waals surface area contributed by atoms with E-state index in [-0.39, 0.29) is 21.8 Å². The number of carbonyl (C=O) groups excluding carboxylic acids is 2. The Hall–Kier alpha value is -2.87. The van der Waals surface area contributed by atoms with Crippen molar-refractivity contribution in [1.82, 2.24) is 9.88 Å². The molecule has 9 heteroatoms. The molecule has 0 atom stereocenters. The molecule has 1 fully saturated rings. The van der Waals surface area contributed by atoms with Crippen LogP contribution in [-0.2, 0) is 4.79 Å². The fourth-order valence-corrected chi connectivity index (χ4v) is 3.58. The largest absolute Gasteiger partial charge is 0.477 e. The van der Waals surface area contributed by atoms with Crippen LogP contribution < -0.4 is 4.90 Å². The lowest BCUT2D eigenvalue weighted by molar-refractivity contribution is -0.126. The molecule has 2 aromatic rings. The van der Waals surface area contributed by atoms with Crippen LogP contribution in [0.2, 0.25) is 5.02 Å². The van der Waals surface area contributed by atoms with E-state index in [2.05, 4.69) is 4.98 Å². The van der Waals surface area contributed by atoms with Crippen LogP contribution in [-0.4, -0.2) is 58.8 Å². The second kappa shape index (κ2) is 7.63. The standard InChI is InChI=1S/C19H19ClFN3O4/c1-10-15(11(2)22-16(10)19(27)28)17(25)18(26)24-7-5-23(6-8-24)12-3-4-14(21)13(20)9-12/h3-4,9,22H,5-8H2,1-2H3,(H,27,28). The first-order valence-corrected chi connectivity index (χ1v) is 9.04. The molecule has 2 heterocycles. The van der Waals surface area contributed by atoms with Gasteiger partial charge in [0.15, 0.2) is 0 Å². The van der Waals surface area contributed by atoms with Gasteiger partial charge in [-0.15, -0.1) is 0 Å². The van der Waals surface area contributed by atoms with Gasteiger partial charge in [0.1, 0.15) is 11.5 Å². The summed E-state index contributed by atoms with van der Waals surface area (Å²) in [4.78, 5) is 42.6. The van der Waals surface area contributed by atoms with Crippen LogP contribution in [0, 0.1) is 19.7 Å². The highest BCUT2D eigenvalue weighted by Crippen LogP contribution is 2.24. The number of amides is 1. The number of nitrogens with one attached hydrogen (secondary N) is 1. The molecule has 0 unspecified atom stereocenters. The number of nitrogens with zero attached hydrogens (tertiary/aromatic N) is 2. The number of aromatic nitrogens is 1. The number of hydrogen-bond acceptors (Lipinski definition) is 4. The molecule has 2 N–H and O–H groups in total. The van der Waals surface area contributed by atoms with Crippen molar-refractivity contribution in [2.75, 3.05) is 31.1 Å². The SMILES string of the molecule is Cc1[nH]c(C(=O)O)c(C)c1C(=O)C(=O)N1CCN(c2ccc(F)c(Cl)c2)CC1. The van der Waals surface area contributed by atoms with E-state index >= 15 is 0 Å². The Morgan fingerprint density at radius 2 is 1.79 bits per heavy atom. The first kappa shape index (κ1) is 19.9. The number of aryl methyl sites for hydroxylation is 1. The van der Waals surface area contributed by atoms with Gasteiger partial charge >= 0.3 is 5.97 Å². The maximum atomic E-state index is 13.3. The van der Waals surface area contributed by atoms with Gasteiger partial charge in [0.25, 0.3) is 11.7 Å². The molecule has 28 heavy (non-hydrogen) atoms. The molecule has 0 radical (unpaired) electrons. The smallest absolute Gasteiger partial charge is 0.352 e. The third-order valence-corrected chi connectivity index (χ3v) is 5.20. The normalized spacial score (nSPS) is 14.3. The predicted molar refractivity (Wildman–Crippen MR) is 102 cm³/mol. The predicted octanol–water partition coefficient (Wildman–Crippen LogP) is 2.65. The number of carboxylic acid groups (broad SMARTS) is 1. The van der Waals surface area contributed by atoms with E-state index in [1.807, 2.05) is 4.90 Å². The molecular weight excluding hydrogens is 389 g/mol. The zero-order valence-corrected chi connectivity index (χ0v) is 16.1. The molecule has 1 aliphatic rings. The Morgan fingerprint density at radius 3 is 2.32 bits per heavy atom. The molecule has 1 aromatic carbocycles. The number of Topliss-reactive ketones (excluding diaryl/α,β-unsaturated/α-hetero) is 1. The molecule has 0 spiro atoms. The summed E-state index contributed by atoms with van der Waals surface area (Å²) < 4.78 is 13.3. The van der Waals surface area contributed by atoms with Gasteiger partial charge in [-0.25, -0.2) is 9.18 Å². The highest BCUT2D eigenvalue weighted by molar-refractivity contribution is 6.43. The summed E-state index contributed by atoms with van der Waals surface area (Å²) in [6.07, 6.45) is 0. The van der Waals surface area contributed by atoms with Crippen molar-refractivity contribution in [3.05, 3.63) is 51.6 Å². The molecule has 1 saturated heterocycles. The van der Waals surface area contributed by atoms with Crippen LogP contribution in [0.1, 0.15) is 32.1 Å². The average Bonchev–Trinajstić information content (AvgIpc) is 2.97. The molecule has 0 aliphatic carbocycles. The van der Waals surface area contributed by atoms with Gasteiger partial charge in [0, 0.05) is 37.6 Å². The van der Waals surface area contributed by atoms with E-state index in [1.54, 1.807) is 13.0 Å². The van der Waals surface area contributed by atoms with Crippen LogP contribution in [0.25, 0.3) is 0 Å². The quantitative estimate of drug-likeness (QED) is 0.600. The fraction of sp³-hybridized carbons (Fsp3) is 0.316. The molecule has 1 amide bonds. The summed E-state index contributed by atoms with van der Waals surface area (Å²) in [6, 6.07) is 4.43. The molecule has 148 valence electrons. The van der Waals surface area contributed by atoms with Crippen molar-refractivity contribution in [2.45, 2.75) is 13.8 Å². The van der Waals surface area contributed by atoms with Crippen LogP contribution in [0.5, 0.6) is 0 Å². The second-order valence-corrected chi connectivity index (χ2v) is 7.04. The highest BCUT2D eigenvalue weighted by Gasteiger charge is 2.31. The van der Waals surface area contributed by atoms with E-state index < -0.39 is 23.5 Å². The minimum Gasteiger partial charge on any atom is -0.477 e. The molecule has 1 aliphatic heterocycles. The Bertz CT molecular complexity index is 964. The summed E-state index contributed by atoms with van der Waals surface area (Å²) in [6.45, 7) is 4.63. The number of benzene rings is 1. The van der Waals surface area contributed by atoms with Crippen LogP contribution in [0.3, 0.4) is 0 Å². The second-order valence-electron chi connectivity index (χ2n) is 6.64. The van der Waals surface area contributed by atoms with Gasteiger partial charge in [-0.1, -0.05) is 11.6 Å². The maximum Gasteiger partial charge on any atom is 0.352 e. The third-order valence-electron chi connectivity index (χ3n) is 4.91. The van der Waals surface area contributed by atoms with Crippen LogP contribution in [0.4, 0.5) is 10.1 Å². The van der Waals surface area contributed by atoms with Gasteiger partial charge < -0.3 is 19.9 Å². The lowest BCUT2D eigenvalue weighted by Crippen LogP contribution is -2.50. The number of anilines is 1. The maximum absolute atomic E-state index is 13.3. The topological polar surface area (TPSA) is 93.7 Å². The monoisotopic (exact) mass is 407 g/mol. The van der Waals surface area contributed by atoms with Crippen LogP contribution in [0.15, 0.2) is 18.2 Å². The van der Waals surface area contributed by atoms with Gasteiger partial charge in [-0.2, -0.15) is 0 Å². The first-order valence-electron chi connectivity index (χ1n) is 8.66. The Balaban J connectivity index is 1.71.